The Balaban J connectivity index is 2.48. The predicted molar refractivity (Wildman–Crippen MR) is 99.8 cm³/mol. The van der Waals surface area contributed by atoms with Gasteiger partial charge in [-0.3, -0.25) is 4.79 Å². The molecule has 0 fully saturated rings. The van der Waals surface area contributed by atoms with Gasteiger partial charge in [-0.15, -0.1) is 0 Å². The standard InChI is InChI=1S/C19H26N2O6/c1-7-13(10-23-3)20-19(22)16-11(2)21-27-17(16)12-8-14(24-4)18(26-6)15(9-12)25-5/h8-9,13H,7,10H2,1-6H3,(H,20,22). The van der Waals surface area contributed by atoms with Gasteiger partial charge in [0.1, 0.15) is 5.56 Å². The van der Waals surface area contributed by atoms with E-state index in [1.807, 2.05) is 6.92 Å². The first-order valence-electron chi connectivity index (χ1n) is 8.57. The lowest BCUT2D eigenvalue weighted by molar-refractivity contribution is 0.0894. The van der Waals surface area contributed by atoms with E-state index in [0.717, 1.165) is 6.42 Å². The highest BCUT2D eigenvalue weighted by Gasteiger charge is 2.25. The van der Waals surface area contributed by atoms with E-state index < -0.39 is 0 Å². The Morgan fingerprint density at radius 2 is 1.78 bits per heavy atom. The Morgan fingerprint density at radius 3 is 2.26 bits per heavy atom. The van der Waals surface area contributed by atoms with Crippen molar-refractivity contribution < 1.29 is 28.3 Å². The molecule has 1 unspecified atom stereocenters. The molecule has 1 aromatic carbocycles. The summed E-state index contributed by atoms with van der Waals surface area (Å²) >= 11 is 0. The van der Waals surface area contributed by atoms with E-state index in [1.54, 1.807) is 26.2 Å². The number of nitrogens with one attached hydrogen (secondary N) is 1. The maximum Gasteiger partial charge on any atom is 0.257 e. The number of nitrogens with zero attached hydrogens (tertiary/aromatic N) is 1. The highest BCUT2D eigenvalue weighted by molar-refractivity contribution is 6.01. The Kier molecular flexibility index (Phi) is 7.06. The lowest BCUT2D eigenvalue weighted by Gasteiger charge is -2.16. The summed E-state index contributed by atoms with van der Waals surface area (Å²) in [4.78, 5) is 12.8. The van der Waals surface area contributed by atoms with Crippen LogP contribution in [0.25, 0.3) is 11.3 Å². The molecule has 2 aromatic rings. The predicted octanol–water partition coefficient (Wildman–Crippen LogP) is 2.83. The molecule has 27 heavy (non-hydrogen) atoms. The zero-order chi connectivity index (χ0) is 20.0. The minimum atomic E-state index is -0.276. The van der Waals surface area contributed by atoms with Crippen LogP contribution in [0.3, 0.4) is 0 Å². The fraction of sp³-hybridized carbons (Fsp3) is 0.474. The number of carbonyl (C=O) groups excluding carboxylic acids is 1. The summed E-state index contributed by atoms with van der Waals surface area (Å²) in [5.74, 6) is 1.42. The van der Waals surface area contributed by atoms with Crippen molar-refractivity contribution in [2.45, 2.75) is 26.3 Å². The van der Waals surface area contributed by atoms with E-state index >= 15 is 0 Å². The third-order valence-corrected chi connectivity index (χ3v) is 4.21. The molecule has 2 rings (SSSR count). The van der Waals surface area contributed by atoms with Crippen LogP contribution in [-0.4, -0.2) is 52.2 Å². The molecule has 8 nitrogen and oxygen atoms in total. The lowest BCUT2D eigenvalue weighted by atomic mass is 10.0. The number of aromatic nitrogens is 1. The van der Waals surface area contributed by atoms with Crippen LogP contribution in [0.5, 0.6) is 17.2 Å². The summed E-state index contributed by atoms with van der Waals surface area (Å²) in [6, 6.07) is 3.32. The van der Waals surface area contributed by atoms with Crippen molar-refractivity contribution in [3.05, 3.63) is 23.4 Å². The van der Waals surface area contributed by atoms with Crippen molar-refractivity contribution in [3.63, 3.8) is 0 Å². The summed E-state index contributed by atoms with van der Waals surface area (Å²) in [5, 5.41) is 6.92. The lowest BCUT2D eigenvalue weighted by Crippen LogP contribution is -2.37. The molecule has 0 radical (unpaired) electrons. The number of rotatable bonds is 9. The number of hydrogen-bond donors (Lipinski definition) is 1. The zero-order valence-corrected chi connectivity index (χ0v) is 16.5. The SMILES string of the molecule is CCC(COC)NC(=O)c1c(C)noc1-c1cc(OC)c(OC)c(OC)c1. The van der Waals surface area contributed by atoms with Gasteiger partial charge >= 0.3 is 0 Å². The van der Waals surface area contributed by atoms with Crippen molar-refractivity contribution in [2.75, 3.05) is 35.0 Å². The summed E-state index contributed by atoms with van der Waals surface area (Å²) in [5.41, 5.74) is 1.44. The zero-order valence-electron chi connectivity index (χ0n) is 16.5. The van der Waals surface area contributed by atoms with E-state index in [-0.39, 0.29) is 11.9 Å². The Bertz CT molecular complexity index is 761. The van der Waals surface area contributed by atoms with E-state index in [1.165, 1.54) is 21.3 Å². The largest absolute Gasteiger partial charge is 0.493 e. The summed E-state index contributed by atoms with van der Waals surface area (Å²) in [6.07, 6.45) is 0.740. The number of hydrogen-bond acceptors (Lipinski definition) is 7. The highest BCUT2D eigenvalue weighted by atomic mass is 16.5. The Hall–Kier alpha value is -2.74. The van der Waals surface area contributed by atoms with Gasteiger partial charge in [-0.25, -0.2) is 0 Å². The first-order chi connectivity index (χ1) is 13.0. The molecule has 1 atom stereocenters. The van der Waals surface area contributed by atoms with Gasteiger partial charge in [-0.2, -0.15) is 0 Å². The average Bonchev–Trinajstić information content (AvgIpc) is 3.07. The molecule has 148 valence electrons. The first-order valence-corrected chi connectivity index (χ1v) is 8.57. The molecule has 1 N–H and O–H groups in total. The number of amides is 1. The van der Waals surface area contributed by atoms with Crippen LogP contribution in [0.4, 0.5) is 0 Å². The number of methoxy groups -OCH3 is 4. The van der Waals surface area contributed by atoms with Crippen molar-refractivity contribution >= 4 is 5.91 Å². The summed E-state index contributed by atoms with van der Waals surface area (Å²) in [7, 11) is 6.17. The van der Waals surface area contributed by atoms with Gasteiger partial charge in [-0.1, -0.05) is 12.1 Å². The molecule has 0 spiro atoms. The van der Waals surface area contributed by atoms with Gasteiger partial charge in [-0.05, 0) is 25.5 Å². The smallest absolute Gasteiger partial charge is 0.257 e. The second-order valence-electron chi connectivity index (χ2n) is 5.92. The molecule has 1 heterocycles. The molecule has 0 bridgehead atoms. The number of aryl methyl sites for hydroxylation is 1. The van der Waals surface area contributed by atoms with E-state index in [2.05, 4.69) is 10.5 Å². The summed E-state index contributed by atoms with van der Waals surface area (Å²) < 4.78 is 26.7. The van der Waals surface area contributed by atoms with Gasteiger partial charge < -0.3 is 28.8 Å². The van der Waals surface area contributed by atoms with Crippen molar-refractivity contribution in [1.82, 2.24) is 10.5 Å². The monoisotopic (exact) mass is 378 g/mol. The van der Waals surface area contributed by atoms with Gasteiger partial charge in [0, 0.05) is 12.7 Å². The Labute approximate surface area is 158 Å². The van der Waals surface area contributed by atoms with Gasteiger partial charge in [0.25, 0.3) is 5.91 Å². The molecule has 0 aliphatic carbocycles. The minimum absolute atomic E-state index is 0.107. The van der Waals surface area contributed by atoms with Crippen LogP contribution in [-0.2, 0) is 4.74 Å². The maximum atomic E-state index is 12.8. The molecule has 0 saturated carbocycles. The van der Waals surface area contributed by atoms with Gasteiger partial charge in [0.2, 0.25) is 5.75 Å². The third-order valence-electron chi connectivity index (χ3n) is 4.21. The molecule has 0 saturated heterocycles. The first kappa shape index (κ1) is 20.6. The highest BCUT2D eigenvalue weighted by Crippen LogP contribution is 2.42. The van der Waals surface area contributed by atoms with E-state index in [0.29, 0.717) is 46.4 Å². The van der Waals surface area contributed by atoms with Crippen molar-refractivity contribution in [2.24, 2.45) is 0 Å². The van der Waals surface area contributed by atoms with Gasteiger partial charge in [0.15, 0.2) is 17.3 Å². The average molecular weight is 378 g/mol. The molecular formula is C19H26N2O6. The van der Waals surface area contributed by atoms with Crippen LogP contribution >= 0.6 is 0 Å². The topological polar surface area (TPSA) is 92.1 Å². The molecular weight excluding hydrogens is 352 g/mol. The van der Waals surface area contributed by atoms with E-state index in [9.17, 15) is 4.79 Å². The normalized spacial score (nSPS) is 11.8. The fourth-order valence-corrected chi connectivity index (χ4v) is 2.77. The second-order valence-corrected chi connectivity index (χ2v) is 5.92. The number of carbonyl (C=O) groups is 1. The van der Waals surface area contributed by atoms with Crippen LogP contribution < -0.4 is 19.5 Å². The van der Waals surface area contributed by atoms with Crippen LogP contribution in [0.1, 0.15) is 29.4 Å². The molecule has 8 heteroatoms. The minimum Gasteiger partial charge on any atom is -0.493 e. The molecule has 0 aliphatic rings. The van der Waals surface area contributed by atoms with Crippen molar-refractivity contribution in [1.29, 1.82) is 0 Å². The summed E-state index contributed by atoms with van der Waals surface area (Å²) in [6.45, 7) is 4.12. The molecule has 1 aromatic heterocycles. The van der Waals surface area contributed by atoms with Gasteiger partial charge in [0.05, 0.1) is 39.7 Å². The maximum absolute atomic E-state index is 12.8. The Morgan fingerprint density at radius 1 is 1.15 bits per heavy atom. The third kappa shape index (κ3) is 4.33. The van der Waals surface area contributed by atoms with Crippen LogP contribution in [0.2, 0.25) is 0 Å². The quantitative estimate of drug-likeness (QED) is 0.717. The second kappa shape index (κ2) is 9.27. The van der Waals surface area contributed by atoms with Crippen LogP contribution in [0.15, 0.2) is 16.7 Å². The van der Waals surface area contributed by atoms with E-state index in [4.69, 9.17) is 23.5 Å². The fourth-order valence-electron chi connectivity index (χ4n) is 2.77. The molecule has 0 aliphatic heterocycles. The molecule has 1 amide bonds. The number of ether oxygens (including phenoxy) is 4. The number of benzene rings is 1. The van der Waals surface area contributed by atoms with Crippen LogP contribution in [0, 0.1) is 6.92 Å². The van der Waals surface area contributed by atoms with Crippen molar-refractivity contribution in [3.8, 4) is 28.6 Å².